The minimum Gasteiger partial charge on any atom is -0.459 e. The maximum Gasteiger partial charge on any atom is 0.338 e. The average Bonchev–Trinajstić information content (AvgIpc) is 3.00. The summed E-state index contributed by atoms with van der Waals surface area (Å²) in [5.41, 5.74) is 0.301. The van der Waals surface area contributed by atoms with Crippen LogP contribution in [0, 0.1) is 0 Å². The Hall–Kier alpha value is -2.37. The Morgan fingerprint density at radius 1 is 0.960 bits per heavy atom. The van der Waals surface area contributed by atoms with E-state index in [2.05, 4.69) is 0 Å². The zero-order valence-electron chi connectivity index (χ0n) is 13.3. The number of hydrogen-bond acceptors (Lipinski definition) is 5. The van der Waals surface area contributed by atoms with Crippen LogP contribution in [0.15, 0.2) is 60.7 Å². The van der Waals surface area contributed by atoms with E-state index >= 15 is 0 Å². The van der Waals surface area contributed by atoms with Crippen molar-refractivity contribution >= 4 is 23.5 Å². The first-order valence-corrected chi connectivity index (χ1v) is 8.35. The minimum atomic E-state index is -0.595. The summed E-state index contributed by atoms with van der Waals surface area (Å²) in [6.45, 7) is -0.0380. The van der Waals surface area contributed by atoms with E-state index in [4.69, 9.17) is 25.8 Å². The SMILES string of the molecule is O=C(OC[C@H]1O[C@H](Cl)C[C@@H]1OC(=O)c1ccccc1)c1ccccc1. The number of ether oxygens (including phenoxy) is 3. The third-order valence-electron chi connectivity index (χ3n) is 3.81. The number of halogens is 1. The molecule has 1 heterocycles. The van der Waals surface area contributed by atoms with Gasteiger partial charge >= 0.3 is 11.9 Å². The van der Waals surface area contributed by atoms with Crippen molar-refractivity contribution in [3.8, 4) is 0 Å². The number of rotatable bonds is 5. The highest BCUT2D eigenvalue weighted by Crippen LogP contribution is 2.27. The van der Waals surface area contributed by atoms with E-state index in [0.29, 0.717) is 17.5 Å². The molecule has 1 saturated heterocycles. The van der Waals surface area contributed by atoms with Gasteiger partial charge in [-0.25, -0.2) is 9.59 Å². The van der Waals surface area contributed by atoms with Gasteiger partial charge in [0.15, 0.2) is 0 Å². The van der Waals surface area contributed by atoms with E-state index in [1.165, 1.54) is 0 Å². The largest absolute Gasteiger partial charge is 0.459 e. The number of alkyl halides is 1. The van der Waals surface area contributed by atoms with Gasteiger partial charge in [-0.2, -0.15) is 0 Å². The molecule has 3 atom stereocenters. The maximum absolute atomic E-state index is 12.2. The van der Waals surface area contributed by atoms with Gasteiger partial charge in [0, 0.05) is 6.42 Å². The predicted octanol–water partition coefficient (Wildman–Crippen LogP) is 3.42. The molecule has 3 rings (SSSR count). The van der Waals surface area contributed by atoms with Gasteiger partial charge in [-0.15, -0.1) is 0 Å². The molecule has 25 heavy (non-hydrogen) atoms. The molecule has 1 aliphatic rings. The average molecular weight is 361 g/mol. The molecular formula is C19H17ClO5. The standard InChI is InChI=1S/C19H17ClO5/c20-17-11-15(25-19(22)14-9-5-2-6-10-14)16(24-17)12-23-18(21)13-7-3-1-4-8-13/h1-10,15-17H,11-12H2/t15-,16+,17-/m0/s1. The highest BCUT2D eigenvalue weighted by molar-refractivity contribution is 6.19. The fraction of sp³-hybridized carbons (Fsp3) is 0.263. The molecule has 0 aliphatic carbocycles. The molecule has 6 heteroatoms. The van der Waals surface area contributed by atoms with Crippen molar-refractivity contribution in [2.24, 2.45) is 0 Å². The third kappa shape index (κ3) is 4.59. The lowest BCUT2D eigenvalue weighted by Gasteiger charge is -2.18. The second-order valence-electron chi connectivity index (χ2n) is 5.59. The van der Waals surface area contributed by atoms with Crippen LogP contribution >= 0.6 is 11.6 Å². The molecule has 0 saturated carbocycles. The van der Waals surface area contributed by atoms with Gasteiger partial charge in [-0.05, 0) is 24.3 Å². The van der Waals surface area contributed by atoms with Crippen LogP contribution in [0.1, 0.15) is 27.1 Å². The second-order valence-corrected chi connectivity index (χ2v) is 6.08. The van der Waals surface area contributed by atoms with Gasteiger partial charge in [0.1, 0.15) is 24.4 Å². The first-order valence-electron chi connectivity index (χ1n) is 7.91. The number of carbonyl (C=O) groups is 2. The molecule has 0 spiro atoms. The molecular weight excluding hydrogens is 344 g/mol. The highest BCUT2D eigenvalue weighted by atomic mass is 35.5. The summed E-state index contributed by atoms with van der Waals surface area (Å²) in [6.07, 6.45) is -0.824. The van der Waals surface area contributed by atoms with Crippen molar-refractivity contribution < 1.29 is 23.8 Å². The Balaban J connectivity index is 1.58. The lowest BCUT2D eigenvalue weighted by Crippen LogP contribution is -2.32. The molecule has 0 aromatic heterocycles. The molecule has 1 aliphatic heterocycles. The summed E-state index contributed by atoms with van der Waals surface area (Å²) in [6, 6.07) is 17.3. The molecule has 0 amide bonds. The summed E-state index contributed by atoms with van der Waals surface area (Å²) >= 11 is 6.01. The van der Waals surface area contributed by atoms with Crippen molar-refractivity contribution in [2.45, 2.75) is 24.2 Å². The smallest absolute Gasteiger partial charge is 0.338 e. The van der Waals surface area contributed by atoms with Gasteiger partial charge in [-0.1, -0.05) is 48.0 Å². The Morgan fingerprint density at radius 2 is 1.52 bits per heavy atom. The fourth-order valence-corrected chi connectivity index (χ4v) is 2.84. The first-order chi connectivity index (χ1) is 12.1. The van der Waals surface area contributed by atoms with E-state index in [1.54, 1.807) is 48.5 Å². The number of carbonyl (C=O) groups excluding carboxylic acids is 2. The van der Waals surface area contributed by atoms with Gasteiger partial charge in [0.2, 0.25) is 0 Å². The van der Waals surface area contributed by atoms with E-state index in [9.17, 15) is 9.59 Å². The number of esters is 2. The monoisotopic (exact) mass is 360 g/mol. The predicted molar refractivity (Wildman–Crippen MR) is 91.5 cm³/mol. The summed E-state index contributed by atoms with van der Waals surface area (Å²) in [5.74, 6) is -0.922. The molecule has 1 fully saturated rings. The Labute approximate surface area is 150 Å². The van der Waals surface area contributed by atoms with Crippen LogP contribution < -0.4 is 0 Å². The number of benzene rings is 2. The Morgan fingerprint density at radius 3 is 2.12 bits per heavy atom. The summed E-state index contributed by atoms with van der Waals surface area (Å²) in [7, 11) is 0. The van der Waals surface area contributed by atoms with E-state index in [0.717, 1.165) is 0 Å². The van der Waals surface area contributed by atoms with Crippen LogP contribution in [0.3, 0.4) is 0 Å². The van der Waals surface area contributed by atoms with Crippen molar-refractivity contribution in [2.75, 3.05) is 6.61 Å². The van der Waals surface area contributed by atoms with Crippen LogP contribution in [0.5, 0.6) is 0 Å². The molecule has 0 unspecified atom stereocenters. The Kier molecular flexibility index (Phi) is 5.68. The zero-order chi connectivity index (χ0) is 17.6. The van der Waals surface area contributed by atoms with Crippen LogP contribution in [-0.2, 0) is 14.2 Å². The molecule has 2 aromatic rings. The van der Waals surface area contributed by atoms with E-state index in [-0.39, 0.29) is 6.61 Å². The molecule has 5 nitrogen and oxygen atoms in total. The van der Waals surface area contributed by atoms with Gasteiger partial charge in [0.05, 0.1) is 11.1 Å². The van der Waals surface area contributed by atoms with Crippen LogP contribution in [0.4, 0.5) is 0 Å². The van der Waals surface area contributed by atoms with Gasteiger partial charge in [0.25, 0.3) is 0 Å². The zero-order valence-corrected chi connectivity index (χ0v) is 14.1. The third-order valence-corrected chi connectivity index (χ3v) is 4.09. The quantitative estimate of drug-likeness (QED) is 0.604. The molecule has 0 bridgehead atoms. The van der Waals surface area contributed by atoms with Gasteiger partial charge in [-0.3, -0.25) is 0 Å². The maximum atomic E-state index is 12.2. The van der Waals surface area contributed by atoms with E-state index < -0.39 is 29.7 Å². The Bertz CT molecular complexity index is 719. The molecule has 0 radical (unpaired) electrons. The molecule has 2 aromatic carbocycles. The fourth-order valence-electron chi connectivity index (χ4n) is 2.53. The van der Waals surface area contributed by atoms with Crippen molar-refractivity contribution in [3.63, 3.8) is 0 Å². The van der Waals surface area contributed by atoms with E-state index in [1.807, 2.05) is 12.1 Å². The second kappa shape index (κ2) is 8.14. The van der Waals surface area contributed by atoms with Crippen LogP contribution in [-0.4, -0.2) is 36.3 Å². The van der Waals surface area contributed by atoms with Crippen LogP contribution in [0.2, 0.25) is 0 Å². The summed E-state index contributed by atoms with van der Waals surface area (Å²) in [4.78, 5) is 24.2. The lowest BCUT2D eigenvalue weighted by molar-refractivity contribution is -0.0322. The lowest BCUT2D eigenvalue weighted by atomic mass is 10.2. The van der Waals surface area contributed by atoms with Crippen LogP contribution in [0.25, 0.3) is 0 Å². The van der Waals surface area contributed by atoms with Crippen molar-refractivity contribution in [1.29, 1.82) is 0 Å². The first kappa shape index (κ1) is 17.5. The summed E-state index contributed by atoms with van der Waals surface area (Å²) in [5, 5.41) is 0. The summed E-state index contributed by atoms with van der Waals surface area (Å²) < 4.78 is 16.3. The number of hydrogen-bond donors (Lipinski definition) is 0. The highest BCUT2D eigenvalue weighted by Gasteiger charge is 2.38. The minimum absolute atomic E-state index is 0.0380. The normalized spacial score (nSPS) is 22.4. The topological polar surface area (TPSA) is 61.8 Å². The van der Waals surface area contributed by atoms with Crippen molar-refractivity contribution in [3.05, 3.63) is 71.8 Å². The molecule has 130 valence electrons. The van der Waals surface area contributed by atoms with Gasteiger partial charge < -0.3 is 14.2 Å². The van der Waals surface area contributed by atoms with Crippen molar-refractivity contribution in [1.82, 2.24) is 0 Å². The molecule has 0 N–H and O–H groups in total.